The van der Waals surface area contributed by atoms with Crippen molar-refractivity contribution < 1.29 is 9.66 Å². The van der Waals surface area contributed by atoms with E-state index in [1.54, 1.807) is 6.07 Å². The molecule has 0 aliphatic carbocycles. The van der Waals surface area contributed by atoms with Crippen LogP contribution in [0.4, 0.5) is 5.69 Å². The average Bonchev–Trinajstić information content (AvgIpc) is 2.50. The van der Waals surface area contributed by atoms with Crippen molar-refractivity contribution in [2.24, 2.45) is 0 Å². The maximum atomic E-state index is 10.9. The monoisotopic (exact) mass is 237 g/mol. The number of methoxy groups -OCH3 is 1. The van der Waals surface area contributed by atoms with Gasteiger partial charge in [0.1, 0.15) is 0 Å². The smallest absolute Gasteiger partial charge is 0.331 e. The Morgan fingerprint density at radius 3 is 2.82 bits per heavy atom. The van der Waals surface area contributed by atoms with Crippen LogP contribution in [-0.4, -0.2) is 42.1 Å². The molecule has 0 unspecified atom stereocenters. The first-order chi connectivity index (χ1) is 8.11. The van der Waals surface area contributed by atoms with Crippen molar-refractivity contribution in [2.75, 3.05) is 27.2 Å². The predicted octanol–water partition coefficient (Wildman–Crippen LogP) is 1.03. The van der Waals surface area contributed by atoms with Crippen LogP contribution in [0.15, 0.2) is 6.07 Å². The molecule has 1 aromatic rings. The number of fused-ring (bicyclic) bond motifs is 1. The predicted molar refractivity (Wildman–Crippen MR) is 62.3 cm³/mol. The van der Waals surface area contributed by atoms with Gasteiger partial charge < -0.3 is 9.64 Å². The fraction of sp³-hybridized carbons (Fsp3) is 0.545. The summed E-state index contributed by atoms with van der Waals surface area (Å²) >= 11 is 0. The highest BCUT2D eigenvalue weighted by Gasteiger charge is 2.22. The summed E-state index contributed by atoms with van der Waals surface area (Å²) in [6.07, 6.45) is 1.60. The van der Waals surface area contributed by atoms with Crippen LogP contribution in [0.5, 0.6) is 5.88 Å². The average molecular weight is 237 g/mol. The number of nitrogens with zero attached hydrogens (tertiary/aromatic N) is 3. The highest BCUT2D eigenvalue weighted by Crippen LogP contribution is 2.28. The van der Waals surface area contributed by atoms with E-state index in [1.165, 1.54) is 7.11 Å². The van der Waals surface area contributed by atoms with Crippen LogP contribution in [0.25, 0.3) is 0 Å². The molecule has 0 spiro atoms. The normalized spacial score (nSPS) is 16.1. The topological polar surface area (TPSA) is 68.5 Å². The Morgan fingerprint density at radius 1 is 1.47 bits per heavy atom. The van der Waals surface area contributed by atoms with E-state index in [-0.39, 0.29) is 11.6 Å². The quantitative estimate of drug-likeness (QED) is 0.567. The van der Waals surface area contributed by atoms with E-state index in [0.29, 0.717) is 0 Å². The van der Waals surface area contributed by atoms with E-state index in [4.69, 9.17) is 4.74 Å². The highest BCUT2D eigenvalue weighted by molar-refractivity contribution is 5.46. The Balaban J connectivity index is 2.44. The standard InChI is InChI=1S/C11H15N3O3/c1-13-5-3-8-7-10(14(15)16)11(17-2)12-9(8)4-6-13/h7H,3-6H2,1-2H3. The van der Waals surface area contributed by atoms with Gasteiger partial charge in [-0.05, 0) is 19.0 Å². The number of likely N-dealkylation sites (N-methyl/N-ethyl adjacent to an activating group) is 1. The molecular formula is C11H15N3O3. The van der Waals surface area contributed by atoms with Crippen LogP contribution >= 0.6 is 0 Å². The van der Waals surface area contributed by atoms with Crippen LogP contribution in [-0.2, 0) is 12.8 Å². The SMILES string of the molecule is COc1nc2c(cc1[N+](=O)[O-])CCN(C)CC2. The minimum absolute atomic E-state index is 0.0456. The first kappa shape index (κ1) is 11.8. The first-order valence-corrected chi connectivity index (χ1v) is 5.51. The summed E-state index contributed by atoms with van der Waals surface area (Å²) in [5, 5.41) is 10.9. The molecule has 0 radical (unpaired) electrons. The lowest BCUT2D eigenvalue weighted by Crippen LogP contribution is -2.20. The van der Waals surface area contributed by atoms with Gasteiger partial charge >= 0.3 is 5.69 Å². The molecule has 2 heterocycles. The van der Waals surface area contributed by atoms with Crippen molar-refractivity contribution in [3.05, 3.63) is 27.4 Å². The Labute approximate surface area is 99.4 Å². The number of aromatic nitrogens is 1. The molecule has 0 aromatic carbocycles. The Kier molecular flexibility index (Phi) is 3.23. The fourth-order valence-electron chi connectivity index (χ4n) is 2.00. The molecule has 0 atom stereocenters. The number of hydrogen-bond donors (Lipinski definition) is 0. The van der Waals surface area contributed by atoms with Gasteiger partial charge in [-0.15, -0.1) is 0 Å². The van der Waals surface area contributed by atoms with Crippen LogP contribution in [0.1, 0.15) is 11.3 Å². The Hall–Kier alpha value is -1.69. The third kappa shape index (κ3) is 2.36. The lowest BCUT2D eigenvalue weighted by atomic mass is 10.1. The molecule has 2 rings (SSSR count). The molecule has 0 saturated heterocycles. The van der Waals surface area contributed by atoms with Gasteiger partial charge in [0.15, 0.2) is 0 Å². The Morgan fingerprint density at radius 2 is 2.18 bits per heavy atom. The molecule has 6 nitrogen and oxygen atoms in total. The molecule has 0 saturated carbocycles. The summed E-state index contributed by atoms with van der Waals surface area (Å²) in [5.41, 5.74) is 1.83. The van der Waals surface area contributed by atoms with Crippen molar-refractivity contribution in [3.8, 4) is 5.88 Å². The van der Waals surface area contributed by atoms with Crippen molar-refractivity contribution in [1.29, 1.82) is 0 Å². The molecule has 92 valence electrons. The summed E-state index contributed by atoms with van der Waals surface area (Å²) in [6, 6.07) is 1.60. The summed E-state index contributed by atoms with van der Waals surface area (Å²) in [4.78, 5) is 16.9. The lowest BCUT2D eigenvalue weighted by Gasteiger charge is -2.10. The van der Waals surface area contributed by atoms with Gasteiger partial charge in [-0.3, -0.25) is 10.1 Å². The highest BCUT2D eigenvalue weighted by atomic mass is 16.6. The zero-order valence-corrected chi connectivity index (χ0v) is 9.97. The minimum atomic E-state index is -0.444. The van der Waals surface area contributed by atoms with E-state index in [2.05, 4.69) is 9.88 Å². The van der Waals surface area contributed by atoms with Crippen molar-refractivity contribution in [1.82, 2.24) is 9.88 Å². The number of hydrogen-bond acceptors (Lipinski definition) is 5. The summed E-state index contributed by atoms with van der Waals surface area (Å²) in [7, 11) is 3.45. The van der Waals surface area contributed by atoms with Crippen molar-refractivity contribution in [3.63, 3.8) is 0 Å². The second-order valence-electron chi connectivity index (χ2n) is 4.18. The second kappa shape index (κ2) is 4.67. The zero-order valence-electron chi connectivity index (χ0n) is 9.97. The number of nitro groups is 1. The van der Waals surface area contributed by atoms with E-state index < -0.39 is 4.92 Å². The van der Waals surface area contributed by atoms with Gasteiger partial charge in [0, 0.05) is 31.3 Å². The summed E-state index contributed by atoms with van der Waals surface area (Å²) in [5.74, 6) is 0.110. The molecule has 0 amide bonds. The third-order valence-corrected chi connectivity index (χ3v) is 3.02. The van der Waals surface area contributed by atoms with Gasteiger partial charge in [-0.2, -0.15) is 0 Å². The number of rotatable bonds is 2. The number of ether oxygens (including phenoxy) is 1. The van der Waals surface area contributed by atoms with Gasteiger partial charge in [0.25, 0.3) is 5.88 Å². The molecule has 17 heavy (non-hydrogen) atoms. The van der Waals surface area contributed by atoms with Gasteiger partial charge in [-0.25, -0.2) is 4.98 Å². The van der Waals surface area contributed by atoms with Crippen molar-refractivity contribution in [2.45, 2.75) is 12.8 Å². The van der Waals surface area contributed by atoms with Crippen LogP contribution in [0.3, 0.4) is 0 Å². The van der Waals surface area contributed by atoms with Crippen LogP contribution in [0, 0.1) is 10.1 Å². The van der Waals surface area contributed by atoms with E-state index >= 15 is 0 Å². The maximum Gasteiger partial charge on any atom is 0.331 e. The molecule has 1 aliphatic heterocycles. The van der Waals surface area contributed by atoms with Gasteiger partial charge in [0.05, 0.1) is 12.0 Å². The minimum Gasteiger partial charge on any atom is -0.476 e. The van der Waals surface area contributed by atoms with Gasteiger partial charge in [0.2, 0.25) is 0 Å². The molecule has 0 N–H and O–H groups in total. The van der Waals surface area contributed by atoms with E-state index in [0.717, 1.165) is 37.2 Å². The number of pyridine rings is 1. The van der Waals surface area contributed by atoms with Crippen LogP contribution in [0.2, 0.25) is 0 Å². The second-order valence-corrected chi connectivity index (χ2v) is 4.18. The summed E-state index contributed by atoms with van der Waals surface area (Å²) < 4.78 is 4.97. The van der Waals surface area contributed by atoms with Crippen molar-refractivity contribution >= 4 is 5.69 Å². The van der Waals surface area contributed by atoms with Crippen LogP contribution < -0.4 is 4.74 Å². The van der Waals surface area contributed by atoms with Gasteiger partial charge in [-0.1, -0.05) is 0 Å². The van der Waals surface area contributed by atoms with E-state index in [1.807, 2.05) is 7.05 Å². The molecule has 1 aromatic heterocycles. The summed E-state index contributed by atoms with van der Waals surface area (Å²) in [6.45, 7) is 1.82. The molecule has 1 aliphatic rings. The lowest BCUT2D eigenvalue weighted by molar-refractivity contribution is -0.386. The van der Waals surface area contributed by atoms with E-state index in [9.17, 15) is 10.1 Å². The zero-order chi connectivity index (χ0) is 12.4. The fourth-order valence-corrected chi connectivity index (χ4v) is 2.00. The molecular weight excluding hydrogens is 222 g/mol. The molecule has 0 fully saturated rings. The third-order valence-electron chi connectivity index (χ3n) is 3.02. The molecule has 6 heteroatoms. The maximum absolute atomic E-state index is 10.9. The molecule has 0 bridgehead atoms. The first-order valence-electron chi connectivity index (χ1n) is 5.51. The Bertz CT molecular complexity index is 448. The largest absolute Gasteiger partial charge is 0.476 e.